The zero-order valence-electron chi connectivity index (χ0n) is 16.9. The molecule has 0 aliphatic heterocycles. The lowest BCUT2D eigenvalue weighted by atomic mass is 10.0. The van der Waals surface area contributed by atoms with Crippen LogP contribution in [-0.4, -0.2) is 21.3 Å². The minimum Gasteiger partial charge on any atom is -0.270 e. The Bertz CT molecular complexity index is 570. The summed E-state index contributed by atoms with van der Waals surface area (Å²) in [6.07, 6.45) is 18.9. The van der Waals surface area contributed by atoms with Crippen LogP contribution in [0.5, 0.6) is 0 Å². The third-order valence-corrected chi connectivity index (χ3v) is 6.13. The van der Waals surface area contributed by atoms with Crippen LogP contribution in [0, 0.1) is 3.57 Å². The Morgan fingerprint density at radius 2 is 1.11 bits per heavy atom. The Morgan fingerprint density at radius 1 is 0.704 bits per heavy atom. The smallest absolute Gasteiger partial charge is 0.264 e. The second-order valence-electron chi connectivity index (χ2n) is 7.50. The van der Waals surface area contributed by atoms with Crippen molar-refractivity contribution < 1.29 is 12.6 Å². The van der Waals surface area contributed by atoms with Crippen LogP contribution in [0.2, 0.25) is 0 Å². The first-order valence-electron chi connectivity index (χ1n) is 10.6. The SMILES string of the molecule is CS(=O)(=O)OCCCCCCCCCCCCCCCc1ccc(I)cc1. The first-order chi connectivity index (χ1) is 13.0. The molecule has 1 aromatic carbocycles. The second-order valence-corrected chi connectivity index (χ2v) is 10.4. The molecule has 0 saturated carbocycles. The van der Waals surface area contributed by atoms with Crippen LogP contribution in [0.4, 0.5) is 0 Å². The monoisotopic (exact) mass is 508 g/mol. The van der Waals surface area contributed by atoms with Gasteiger partial charge in [-0.25, -0.2) is 0 Å². The Labute approximate surface area is 180 Å². The van der Waals surface area contributed by atoms with Gasteiger partial charge in [-0.2, -0.15) is 8.42 Å². The highest BCUT2D eigenvalue weighted by Crippen LogP contribution is 2.14. The first kappa shape index (κ1) is 24.9. The summed E-state index contributed by atoms with van der Waals surface area (Å²) in [6.45, 7) is 0.337. The highest BCUT2D eigenvalue weighted by Gasteiger charge is 2.00. The van der Waals surface area contributed by atoms with Crippen molar-refractivity contribution >= 4 is 32.7 Å². The van der Waals surface area contributed by atoms with E-state index in [0.29, 0.717) is 6.61 Å². The Balaban J connectivity index is 1.76. The Morgan fingerprint density at radius 3 is 1.56 bits per heavy atom. The summed E-state index contributed by atoms with van der Waals surface area (Å²) in [4.78, 5) is 0. The zero-order chi connectivity index (χ0) is 19.8. The molecular formula is C22H37IO3S. The molecule has 27 heavy (non-hydrogen) atoms. The lowest BCUT2D eigenvalue weighted by molar-refractivity contribution is 0.309. The van der Waals surface area contributed by atoms with Crippen molar-refractivity contribution in [1.82, 2.24) is 0 Å². The van der Waals surface area contributed by atoms with Gasteiger partial charge in [-0.15, -0.1) is 0 Å². The molecular weight excluding hydrogens is 471 g/mol. The molecule has 0 fully saturated rings. The van der Waals surface area contributed by atoms with E-state index in [1.54, 1.807) is 0 Å². The lowest BCUT2D eigenvalue weighted by Crippen LogP contribution is -2.03. The Hall–Kier alpha value is -0.140. The number of benzene rings is 1. The van der Waals surface area contributed by atoms with Crippen LogP contribution >= 0.6 is 22.6 Å². The largest absolute Gasteiger partial charge is 0.270 e. The fourth-order valence-electron chi connectivity index (χ4n) is 3.24. The molecule has 0 atom stereocenters. The van der Waals surface area contributed by atoms with Gasteiger partial charge in [-0.3, -0.25) is 4.18 Å². The van der Waals surface area contributed by atoms with Crippen LogP contribution in [0.3, 0.4) is 0 Å². The fourth-order valence-corrected chi connectivity index (χ4v) is 4.02. The molecule has 0 radical (unpaired) electrons. The molecule has 1 rings (SSSR count). The lowest BCUT2D eigenvalue weighted by Gasteiger charge is -2.04. The molecule has 5 heteroatoms. The van der Waals surface area contributed by atoms with Crippen molar-refractivity contribution in [1.29, 1.82) is 0 Å². The maximum atomic E-state index is 10.8. The van der Waals surface area contributed by atoms with E-state index in [9.17, 15) is 8.42 Å². The average molecular weight is 509 g/mol. The Kier molecular flexibility index (Phi) is 14.5. The molecule has 156 valence electrons. The minimum atomic E-state index is -3.26. The van der Waals surface area contributed by atoms with E-state index in [2.05, 4.69) is 46.9 Å². The summed E-state index contributed by atoms with van der Waals surface area (Å²) in [5, 5.41) is 0. The van der Waals surface area contributed by atoms with Gasteiger partial charge in [0.05, 0.1) is 12.9 Å². The number of aryl methyl sites for hydroxylation is 1. The molecule has 0 amide bonds. The number of rotatable bonds is 17. The average Bonchev–Trinajstić information content (AvgIpc) is 2.62. The van der Waals surface area contributed by atoms with Gasteiger partial charge in [0, 0.05) is 3.57 Å². The highest BCUT2D eigenvalue weighted by molar-refractivity contribution is 14.1. The van der Waals surface area contributed by atoms with Crippen molar-refractivity contribution in [3.63, 3.8) is 0 Å². The van der Waals surface area contributed by atoms with Gasteiger partial charge >= 0.3 is 0 Å². The van der Waals surface area contributed by atoms with Gasteiger partial charge in [0.25, 0.3) is 10.1 Å². The highest BCUT2D eigenvalue weighted by atomic mass is 127. The van der Waals surface area contributed by atoms with Gasteiger partial charge in [0.1, 0.15) is 0 Å². The zero-order valence-corrected chi connectivity index (χ0v) is 19.9. The van der Waals surface area contributed by atoms with Crippen LogP contribution in [0.25, 0.3) is 0 Å². The molecule has 0 aliphatic rings. The standard InChI is InChI=1S/C22H37IO3S/c1-27(24,25)26-20-14-12-10-8-6-4-2-3-5-7-9-11-13-15-21-16-18-22(23)19-17-21/h16-19H,2-15,20H2,1H3. The maximum Gasteiger partial charge on any atom is 0.264 e. The normalized spacial score (nSPS) is 11.8. The van der Waals surface area contributed by atoms with E-state index in [-0.39, 0.29) is 0 Å². The van der Waals surface area contributed by atoms with Crippen molar-refractivity contribution in [2.24, 2.45) is 0 Å². The molecule has 0 aliphatic carbocycles. The van der Waals surface area contributed by atoms with E-state index in [1.165, 1.54) is 86.2 Å². The maximum absolute atomic E-state index is 10.8. The van der Waals surface area contributed by atoms with Gasteiger partial charge in [-0.05, 0) is 59.5 Å². The summed E-state index contributed by atoms with van der Waals surface area (Å²) in [7, 11) is -3.26. The fraction of sp³-hybridized carbons (Fsp3) is 0.727. The predicted octanol–water partition coefficient (Wildman–Crippen LogP) is 6.88. The summed E-state index contributed by atoms with van der Waals surface area (Å²) in [5.41, 5.74) is 1.47. The first-order valence-corrected chi connectivity index (χ1v) is 13.5. The topological polar surface area (TPSA) is 43.4 Å². The van der Waals surface area contributed by atoms with Crippen LogP contribution in [0.15, 0.2) is 24.3 Å². The van der Waals surface area contributed by atoms with E-state index >= 15 is 0 Å². The van der Waals surface area contributed by atoms with Crippen LogP contribution < -0.4 is 0 Å². The summed E-state index contributed by atoms with van der Waals surface area (Å²) in [6, 6.07) is 8.91. The van der Waals surface area contributed by atoms with E-state index in [4.69, 9.17) is 4.18 Å². The van der Waals surface area contributed by atoms with E-state index < -0.39 is 10.1 Å². The molecule has 1 aromatic rings. The third kappa shape index (κ3) is 16.5. The van der Waals surface area contributed by atoms with Crippen molar-refractivity contribution in [2.45, 2.75) is 89.9 Å². The van der Waals surface area contributed by atoms with E-state index in [1.807, 2.05) is 0 Å². The predicted molar refractivity (Wildman–Crippen MR) is 124 cm³/mol. The van der Waals surface area contributed by atoms with Gasteiger partial charge < -0.3 is 0 Å². The second kappa shape index (κ2) is 15.7. The molecule has 0 aromatic heterocycles. The number of unbranched alkanes of at least 4 members (excludes halogenated alkanes) is 12. The summed E-state index contributed by atoms with van der Waals surface area (Å²) < 4.78 is 27.7. The molecule has 3 nitrogen and oxygen atoms in total. The number of hydrogen-bond acceptors (Lipinski definition) is 3. The summed E-state index contributed by atoms with van der Waals surface area (Å²) in [5.74, 6) is 0. The molecule has 0 unspecified atom stereocenters. The van der Waals surface area contributed by atoms with Crippen LogP contribution in [0.1, 0.15) is 89.0 Å². The number of halogens is 1. The van der Waals surface area contributed by atoms with Crippen LogP contribution in [-0.2, 0) is 20.7 Å². The quantitative estimate of drug-likeness (QED) is 0.131. The molecule has 0 spiro atoms. The van der Waals surface area contributed by atoms with Crippen molar-refractivity contribution in [3.05, 3.63) is 33.4 Å². The number of hydrogen-bond donors (Lipinski definition) is 0. The minimum absolute atomic E-state index is 0.337. The molecule has 0 bridgehead atoms. The third-order valence-electron chi connectivity index (χ3n) is 4.82. The van der Waals surface area contributed by atoms with Gasteiger partial charge in [-0.1, -0.05) is 82.8 Å². The van der Waals surface area contributed by atoms with Gasteiger partial charge in [0.15, 0.2) is 0 Å². The van der Waals surface area contributed by atoms with Crippen molar-refractivity contribution in [2.75, 3.05) is 12.9 Å². The van der Waals surface area contributed by atoms with Crippen molar-refractivity contribution in [3.8, 4) is 0 Å². The molecule has 0 N–H and O–H groups in total. The summed E-state index contributed by atoms with van der Waals surface area (Å²) >= 11 is 2.36. The van der Waals surface area contributed by atoms with Gasteiger partial charge in [0.2, 0.25) is 0 Å². The molecule has 0 saturated heterocycles. The van der Waals surface area contributed by atoms with E-state index in [0.717, 1.165) is 19.1 Å². The molecule has 0 heterocycles.